The fourth-order valence-electron chi connectivity index (χ4n) is 2.17. The van der Waals surface area contributed by atoms with Crippen molar-refractivity contribution in [3.8, 4) is 0 Å². The number of nitrogens with zero attached hydrogens (tertiary/aromatic N) is 2. The van der Waals surface area contributed by atoms with E-state index in [0.717, 1.165) is 0 Å². The molecule has 2 N–H and O–H groups in total. The van der Waals surface area contributed by atoms with Crippen molar-refractivity contribution < 1.29 is 4.39 Å². The third-order valence-electron chi connectivity index (χ3n) is 3.19. The molecule has 0 fully saturated rings. The molecule has 0 spiro atoms. The van der Waals surface area contributed by atoms with Crippen LogP contribution in [0.4, 0.5) is 10.1 Å². The summed E-state index contributed by atoms with van der Waals surface area (Å²) in [6, 6.07) is 12.0. The van der Waals surface area contributed by atoms with Crippen LogP contribution in [-0.2, 0) is 6.54 Å². The van der Waals surface area contributed by atoms with Gasteiger partial charge in [0.1, 0.15) is 0 Å². The SMILES string of the molecule is Nc1cccc(Cn2ncc(=O)c3ccccc32)c1F. The van der Waals surface area contributed by atoms with Crippen molar-refractivity contribution >= 4 is 16.6 Å². The van der Waals surface area contributed by atoms with Gasteiger partial charge in [-0.1, -0.05) is 24.3 Å². The second kappa shape index (κ2) is 4.77. The predicted octanol–water partition coefficient (Wildman–Crippen LogP) is 2.17. The summed E-state index contributed by atoms with van der Waals surface area (Å²) in [5, 5.41) is 4.63. The first-order chi connectivity index (χ1) is 9.66. The molecule has 0 bridgehead atoms. The lowest BCUT2D eigenvalue weighted by molar-refractivity contribution is 0.591. The van der Waals surface area contributed by atoms with Gasteiger partial charge in [-0.25, -0.2) is 4.39 Å². The molecule has 0 unspecified atom stereocenters. The summed E-state index contributed by atoms with van der Waals surface area (Å²) in [6.45, 7) is 0.220. The van der Waals surface area contributed by atoms with Crippen molar-refractivity contribution in [2.75, 3.05) is 5.73 Å². The number of anilines is 1. The van der Waals surface area contributed by atoms with Crippen LogP contribution in [0.1, 0.15) is 5.56 Å². The number of para-hydroxylation sites is 1. The smallest absolute Gasteiger partial charge is 0.207 e. The molecule has 5 heteroatoms. The summed E-state index contributed by atoms with van der Waals surface area (Å²) in [4.78, 5) is 11.7. The van der Waals surface area contributed by atoms with Crippen LogP contribution in [0.3, 0.4) is 0 Å². The Kier molecular flexibility index (Phi) is 2.95. The molecule has 4 nitrogen and oxygen atoms in total. The molecule has 0 aliphatic rings. The summed E-state index contributed by atoms with van der Waals surface area (Å²) in [7, 11) is 0. The topological polar surface area (TPSA) is 60.9 Å². The van der Waals surface area contributed by atoms with Gasteiger partial charge < -0.3 is 5.73 Å². The van der Waals surface area contributed by atoms with Crippen molar-refractivity contribution in [3.05, 3.63) is 70.3 Å². The predicted molar refractivity (Wildman–Crippen MR) is 75.9 cm³/mol. The maximum absolute atomic E-state index is 13.9. The van der Waals surface area contributed by atoms with Crippen LogP contribution >= 0.6 is 0 Å². The van der Waals surface area contributed by atoms with Gasteiger partial charge in [0, 0.05) is 10.9 Å². The Morgan fingerprint density at radius 3 is 2.80 bits per heavy atom. The zero-order valence-electron chi connectivity index (χ0n) is 10.6. The Morgan fingerprint density at radius 1 is 1.15 bits per heavy atom. The molecule has 0 radical (unpaired) electrons. The average molecular weight is 269 g/mol. The zero-order valence-corrected chi connectivity index (χ0v) is 10.6. The van der Waals surface area contributed by atoms with Crippen LogP contribution in [0, 0.1) is 5.82 Å². The van der Waals surface area contributed by atoms with Crippen LogP contribution in [0.25, 0.3) is 10.9 Å². The van der Waals surface area contributed by atoms with Gasteiger partial charge in [-0.2, -0.15) is 5.10 Å². The molecule has 0 atom stereocenters. The number of nitrogens with two attached hydrogens (primary N) is 1. The van der Waals surface area contributed by atoms with E-state index < -0.39 is 5.82 Å². The van der Waals surface area contributed by atoms with E-state index >= 15 is 0 Å². The summed E-state index contributed by atoms with van der Waals surface area (Å²) < 4.78 is 15.5. The Hall–Kier alpha value is -2.69. The highest BCUT2D eigenvalue weighted by Crippen LogP contribution is 2.17. The van der Waals surface area contributed by atoms with Crippen molar-refractivity contribution in [2.45, 2.75) is 6.54 Å². The first-order valence-electron chi connectivity index (χ1n) is 6.14. The number of halogens is 1. The van der Waals surface area contributed by atoms with E-state index in [1.807, 2.05) is 6.07 Å². The quantitative estimate of drug-likeness (QED) is 0.725. The van der Waals surface area contributed by atoms with E-state index in [2.05, 4.69) is 5.10 Å². The average Bonchev–Trinajstić information content (AvgIpc) is 2.47. The fraction of sp³-hybridized carbons (Fsp3) is 0.0667. The minimum Gasteiger partial charge on any atom is -0.396 e. The number of rotatable bonds is 2. The molecule has 0 amide bonds. The van der Waals surface area contributed by atoms with Crippen molar-refractivity contribution in [3.63, 3.8) is 0 Å². The highest BCUT2D eigenvalue weighted by Gasteiger charge is 2.09. The van der Waals surface area contributed by atoms with Crippen molar-refractivity contribution in [2.24, 2.45) is 0 Å². The molecular formula is C15H12FN3O. The lowest BCUT2D eigenvalue weighted by Crippen LogP contribution is -2.13. The van der Waals surface area contributed by atoms with Gasteiger partial charge in [0.2, 0.25) is 5.43 Å². The molecule has 0 aliphatic heterocycles. The molecule has 20 heavy (non-hydrogen) atoms. The van der Waals surface area contributed by atoms with Crippen LogP contribution in [0.2, 0.25) is 0 Å². The van der Waals surface area contributed by atoms with Crippen molar-refractivity contribution in [1.82, 2.24) is 9.78 Å². The Balaban J connectivity index is 2.14. The third-order valence-corrected chi connectivity index (χ3v) is 3.19. The van der Waals surface area contributed by atoms with Crippen molar-refractivity contribution in [1.29, 1.82) is 0 Å². The molecule has 1 aromatic heterocycles. The summed E-state index contributed by atoms with van der Waals surface area (Å²) >= 11 is 0. The van der Waals surface area contributed by atoms with E-state index in [1.165, 1.54) is 12.3 Å². The van der Waals surface area contributed by atoms with Gasteiger partial charge in [-0.15, -0.1) is 0 Å². The molecule has 0 saturated carbocycles. The van der Waals surface area contributed by atoms with Crippen LogP contribution < -0.4 is 11.2 Å². The van der Waals surface area contributed by atoms with Gasteiger partial charge in [-0.05, 0) is 18.2 Å². The molecule has 0 aliphatic carbocycles. The third kappa shape index (κ3) is 2.03. The molecule has 3 rings (SSSR count). The number of nitrogen functional groups attached to an aromatic ring is 1. The molecular weight excluding hydrogens is 257 g/mol. The fourth-order valence-corrected chi connectivity index (χ4v) is 2.17. The first-order valence-corrected chi connectivity index (χ1v) is 6.14. The Morgan fingerprint density at radius 2 is 1.95 bits per heavy atom. The van der Waals surface area contributed by atoms with Gasteiger partial charge in [0.25, 0.3) is 0 Å². The number of benzene rings is 2. The number of hydrogen-bond donors (Lipinski definition) is 1. The van der Waals surface area contributed by atoms with Gasteiger partial charge in [0.15, 0.2) is 5.82 Å². The second-order valence-corrected chi connectivity index (χ2v) is 4.50. The molecule has 2 aromatic carbocycles. The minimum atomic E-state index is -0.447. The minimum absolute atomic E-state index is 0.104. The summed E-state index contributed by atoms with van der Waals surface area (Å²) in [5.41, 5.74) is 6.62. The highest BCUT2D eigenvalue weighted by atomic mass is 19.1. The molecule has 0 saturated heterocycles. The number of fused-ring (bicyclic) bond motifs is 1. The maximum Gasteiger partial charge on any atom is 0.207 e. The number of hydrogen-bond acceptors (Lipinski definition) is 3. The van der Waals surface area contributed by atoms with Crippen LogP contribution in [0.5, 0.6) is 0 Å². The summed E-state index contributed by atoms with van der Waals surface area (Å²) in [5.74, 6) is -0.447. The highest BCUT2D eigenvalue weighted by molar-refractivity contribution is 5.78. The van der Waals surface area contributed by atoms with E-state index in [1.54, 1.807) is 35.0 Å². The van der Waals surface area contributed by atoms with E-state index in [-0.39, 0.29) is 17.7 Å². The second-order valence-electron chi connectivity index (χ2n) is 4.50. The lowest BCUT2D eigenvalue weighted by atomic mass is 10.1. The largest absolute Gasteiger partial charge is 0.396 e. The Bertz CT molecular complexity index is 842. The normalized spacial score (nSPS) is 10.8. The standard InChI is InChI=1S/C15H12FN3O/c16-15-10(4-3-6-12(15)17)9-19-13-7-2-1-5-11(13)14(20)8-18-19/h1-8H,9,17H2. The van der Waals surface area contributed by atoms with Gasteiger partial charge in [0.05, 0.1) is 23.9 Å². The van der Waals surface area contributed by atoms with Crippen LogP contribution in [-0.4, -0.2) is 9.78 Å². The van der Waals surface area contributed by atoms with Gasteiger partial charge >= 0.3 is 0 Å². The Labute approximate surface area is 114 Å². The molecule has 100 valence electrons. The maximum atomic E-state index is 13.9. The van der Waals surface area contributed by atoms with Gasteiger partial charge in [-0.3, -0.25) is 9.48 Å². The summed E-state index contributed by atoms with van der Waals surface area (Å²) in [6.07, 6.45) is 1.24. The van der Waals surface area contributed by atoms with E-state index in [0.29, 0.717) is 16.5 Å². The zero-order chi connectivity index (χ0) is 14.1. The molecule has 1 heterocycles. The van der Waals surface area contributed by atoms with E-state index in [9.17, 15) is 9.18 Å². The monoisotopic (exact) mass is 269 g/mol. The number of aromatic nitrogens is 2. The van der Waals surface area contributed by atoms with E-state index in [4.69, 9.17) is 5.73 Å². The lowest BCUT2D eigenvalue weighted by Gasteiger charge is -2.10. The molecule has 3 aromatic rings. The van der Waals surface area contributed by atoms with Crippen LogP contribution in [0.15, 0.2) is 53.5 Å². The first kappa shape index (κ1) is 12.3.